The molecule has 0 unspecified atom stereocenters. The van der Waals surface area contributed by atoms with E-state index in [0.29, 0.717) is 6.04 Å². The molecule has 4 aromatic rings. The minimum absolute atomic E-state index is 0.188. The molecule has 0 aliphatic heterocycles. The van der Waals surface area contributed by atoms with E-state index in [1.807, 2.05) is 80.0 Å². The second kappa shape index (κ2) is 27.4. The summed E-state index contributed by atoms with van der Waals surface area (Å²) in [6.45, 7) is 20.7. The number of allylic oxidation sites excluding steroid dienone is 5. The molecular weight excluding hydrogens is 617 g/mol. The normalized spacial score (nSPS) is 10.8. The summed E-state index contributed by atoms with van der Waals surface area (Å²) in [6, 6.07) is 27.6. The van der Waals surface area contributed by atoms with Crippen LogP contribution in [0.4, 0.5) is 24.5 Å². The number of nitrogens with zero attached hydrogens (tertiary/aromatic N) is 1. The third-order valence-corrected chi connectivity index (χ3v) is 6.23. The molecule has 7 heteroatoms. The van der Waals surface area contributed by atoms with Crippen molar-refractivity contribution in [3.05, 3.63) is 126 Å². The molecule has 0 bridgehead atoms. The highest BCUT2D eigenvalue weighted by Crippen LogP contribution is 2.22. The smallest absolute Gasteiger partial charge is 0.386 e. The van der Waals surface area contributed by atoms with Crippen molar-refractivity contribution in [2.75, 3.05) is 24.7 Å². The zero-order valence-electron chi connectivity index (χ0n) is 32.1. The van der Waals surface area contributed by atoms with Crippen LogP contribution >= 0.6 is 0 Å². The minimum atomic E-state index is -4.00. The first-order valence-electron chi connectivity index (χ1n) is 17.0. The van der Waals surface area contributed by atoms with Gasteiger partial charge in [0.2, 0.25) is 0 Å². The van der Waals surface area contributed by atoms with E-state index in [0.717, 1.165) is 17.0 Å². The van der Waals surface area contributed by atoms with Crippen LogP contribution in [-0.4, -0.2) is 31.3 Å². The zero-order chi connectivity index (χ0) is 37.8. The van der Waals surface area contributed by atoms with Gasteiger partial charge >= 0.3 is 6.18 Å². The highest BCUT2D eigenvalue weighted by Gasteiger charge is 2.15. The van der Waals surface area contributed by atoms with Crippen LogP contribution in [0.3, 0.4) is 0 Å². The number of halogens is 3. The van der Waals surface area contributed by atoms with Gasteiger partial charge in [0.15, 0.2) is 0 Å². The number of aryl methyl sites for hydroxylation is 1. The number of hydrogen-bond donors (Lipinski definition) is 3. The van der Waals surface area contributed by atoms with Crippen molar-refractivity contribution in [3.63, 3.8) is 0 Å². The lowest BCUT2D eigenvalue weighted by Gasteiger charge is -2.15. The number of aromatic nitrogens is 1. The van der Waals surface area contributed by atoms with Crippen molar-refractivity contribution in [1.82, 2.24) is 10.3 Å². The number of alkyl halides is 3. The van der Waals surface area contributed by atoms with Gasteiger partial charge in [0.05, 0.1) is 17.6 Å². The van der Waals surface area contributed by atoms with Crippen LogP contribution in [0.2, 0.25) is 0 Å². The monoisotopic (exact) mass is 678 g/mol. The van der Waals surface area contributed by atoms with Gasteiger partial charge in [-0.1, -0.05) is 113 Å². The molecule has 3 aromatic carbocycles. The largest absolute Gasteiger partial charge is 0.388 e. The molecule has 270 valence electrons. The third kappa shape index (κ3) is 20.5. The molecule has 4 rings (SSSR count). The number of anilines is 2. The Hall–Kier alpha value is -4.52. The van der Waals surface area contributed by atoms with Gasteiger partial charge < -0.3 is 16.0 Å². The van der Waals surface area contributed by atoms with Crippen LogP contribution in [0.5, 0.6) is 0 Å². The van der Waals surface area contributed by atoms with Gasteiger partial charge in [-0.3, -0.25) is 4.98 Å². The molecule has 0 fully saturated rings. The van der Waals surface area contributed by atoms with E-state index in [1.165, 1.54) is 33.3 Å². The fraction of sp³-hybridized carbons (Fsp3) is 0.357. The molecule has 4 nitrogen and oxygen atoms in total. The maximum absolute atomic E-state index is 10.4. The van der Waals surface area contributed by atoms with Crippen molar-refractivity contribution in [3.8, 4) is 0 Å². The summed E-state index contributed by atoms with van der Waals surface area (Å²) in [6.07, 6.45) is 6.09. The predicted octanol–water partition coefficient (Wildman–Crippen LogP) is 13.0. The first kappa shape index (κ1) is 46.6. The lowest BCUT2D eigenvalue weighted by molar-refractivity contribution is -0.110. The molecule has 0 aliphatic rings. The Labute approximate surface area is 295 Å². The van der Waals surface area contributed by atoms with Crippen molar-refractivity contribution in [1.29, 1.82) is 0 Å². The van der Waals surface area contributed by atoms with E-state index in [4.69, 9.17) is 0 Å². The molecule has 49 heavy (non-hydrogen) atoms. The molecule has 1 aromatic heterocycles. The summed E-state index contributed by atoms with van der Waals surface area (Å²) in [4.78, 5) is 4.36. The number of pyridine rings is 1. The molecule has 0 radical (unpaired) electrons. The van der Waals surface area contributed by atoms with Crippen LogP contribution in [0, 0.1) is 6.92 Å². The number of rotatable bonds is 7. The topological polar surface area (TPSA) is 49.0 Å². The Morgan fingerprint density at radius 1 is 0.755 bits per heavy atom. The summed E-state index contributed by atoms with van der Waals surface area (Å²) in [7, 11) is 3.83. The Kier molecular flexibility index (Phi) is 26.1. The maximum atomic E-state index is 10.4. The van der Waals surface area contributed by atoms with Crippen LogP contribution in [0.15, 0.2) is 109 Å². The second-order valence-corrected chi connectivity index (χ2v) is 10.3. The Morgan fingerprint density at radius 2 is 1.33 bits per heavy atom. The fourth-order valence-corrected chi connectivity index (χ4v) is 4.17. The second-order valence-electron chi connectivity index (χ2n) is 10.3. The van der Waals surface area contributed by atoms with Gasteiger partial charge in [-0.05, 0) is 76.3 Å². The number of nitrogens with one attached hydrogen (secondary N) is 3. The SMILES string of the molecule is C/C=C(/NC(C)C)c1ccccc1C.C/C=C\C(=C/C)c1ccc(NC)cn1.CC.CC.CC(F)(F)F.CNc1cccc2ccccc12. The summed E-state index contributed by atoms with van der Waals surface area (Å²) in [5, 5.41) is 12.2. The van der Waals surface area contributed by atoms with Gasteiger partial charge in [0.25, 0.3) is 0 Å². The highest BCUT2D eigenvalue weighted by molar-refractivity contribution is 5.93. The number of hydrogen-bond acceptors (Lipinski definition) is 4. The lowest BCUT2D eigenvalue weighted by Crippen LogP contribution is -2.21. The van der Waals surface area contributed by atoms with E-state index in [1.54, 1.807) is 0 Å². The number of fused-ring (bicyclic) bond motifs is 1. The van der Waals surface area contributed by atoms with E-state index < -0.39 is 6.18 Å². The first-order chi connectivity index (χ1) is 23.4. The summed E-state index contributed by atoms with van der Waals surface area (Å²) in [5.41, 5.74) is 8.20. The average Bonchev–Trinajstić information content (AvgIpc) is 3.11. The van der Waals surface area contributed by atoms with Crippen LogP contribution in [0.1, 0.15) is 86.1 Å². The van der Waals surface area contributed by atoms with E-state index in [9.17, 15) is 13.2 Å². The Bertz CT molecular complexity index is 1490. The van der Waals surface area contributed by atoms with Crippen LogP contribution in [0.25, 0.3) is 22.0 Å². The van der Waals surface area contributed by atoms with Crippen molar-refractivity contribution < 1.29 is 13.2 Å². The zero-order valence-corrected chi connectivity index (χ0v) is 32.1. The van der Waals surface area contributed by atoms with Gasteiger partial charge in [-0.2, -0.15) is 13.2 Å². The molecule has 0 aliphatic carbocycles. The third-order valence-electron chi connectivity index (χ3n) is 6.23. The van der Waals surface area contributed by atoms with Gasteiger partial charge in [-0.15, -0.1) is 0 Å². The van der Waals surface area contributed by atoms with Gasteiger partial charge in [0, 0.05) is 49.4 Å². The number of benzene rings is 3. The van der Waals surface area contributed by atoms with Crippen LogP contribution < -0.4 is 16.0 Å². The molecule has 3 N–H and O–H groups in total. The molecule has 0 atom stereocenters. The van der Waals surface area contributed by atoms with E-state index in [2.05, 4.69) is 134 Å². The maximum Gasteiger partial charge on any atom is 0.386 e. The van der Waals surface area contributed by atoms with Crippen molar-refractivity contribution in [2.45, 2.75) is 88.4 Å². The van der Waals surface area contributed by atoms with E-state index in [-0.39, 0.29) is 6.92 Å². The summed E-state index contributed by atoms with van der Waals surface area (Å²) >= 11 is 0. The molecule has 0 saturated carbocycles. The summed E-state index contributed by atoms with van der Waals surface area (Å²) < 4.78 is 31.1. The quantitative estimate of drug-likeness (QED) is 0.170. The summed E-state index contributed by atoms with van der Waals surface area (Å²) in [5.74, 6) is 0. The fourth-order valence-electron chi connectivity index (χ4n) is 4.17. The van der Waals surface area contributed by atoms with Crippen molar-refractivity contribution in [2.24, 2.45) is 0 Å². The molecular formula is C42H61F3N4. The Morgan fingerprint density at radius 3 is 1.80 bits per heavy atom. The lowest BCUT2D eigenvalue weighted by atomic mass is 10.1. The van der Waals surface area contributed by atoms with E-state index >= 15 is 0 Å². The molecule has 1 heterocycles. The molecule has 0 saturated heterocycles. The molecule has 0 spiro atoms. The predicted molar refractivity (Wildman–Crippen MR) is 213 cm³/mol. The first-order valence-corrected chi connectivity index (χ1v) is 17.0. The highest BCUT2D eigenvalue weighted by atomic mass is 19.4. The molecule has 0 amide bonds. The minimum Gasteiger partial charge on any atom is -0.388 e. The standard InChI is InChI=1S/C13H19N.C12H16N2.C11H11N.C2H3F3.2C2H6/c1-5-13(14-10(2)3)12-9-7-6-8-11(12)4;1-4-6-10(5-2)12-8-7-11(13-3)9-14-12;1-12-11-8-4-6-9-5-2-3-7-10(9)11;1-2(3,4)5;2*1-2/h5-10,14H,1-4H3;4-9,13H,1-3H3;2-8,12H,1H3;1H3;2*1-2H3/b13-5+;6-4-,10-5+;;;;. The van der Waals surface area contributed by atoms with Crippen molar-refractivity contribution >= 4 is 33.4 Å². The van der Waals surface area contributed by atoms with Crippen LogP contribution in [-0.2, 0) is 0 Å². The van der Waals surface area contributed by atoms with Gasteiger partial charge in [0.1, 0.15) is 0 Å². The average molecular weight is 679 g/mol. The Balaban J connectivity index is 0. The van der Waals surface area contributed by atoms with Gasteiger partial charge in [-0.25, -0.2) is 0 Å².